The van der Waals surface area contributed by atoms with E-state index in [1.54, 1.807) is 30.3 Å². The summed E-state index contributed by atoms with van der Waals surface area (Å²) in [6.07, 6.45) is 1.32. The third kappa shape index (κ3) is 4.94. The fourth-order valence-corrected chi connectivity index (χ4v) is 3.59. The van der Waals surface area contributed by atoms with Crippen molar-refractivity contribution in [1.82, 2.24) is 5.32 Å². The summed E-state index contributed by atoms with van der Waals surface area (Å²) in [5.74, 6) is -1.79. The number of imide groups is 2. The van der Waals surface area contributed by atoms with E-state index in [0.29, 0.717) is 15.7 Å². The van der Waals surface area contributed by atoms with Crippen LogP contribution in [0.5, 0.6) is 11.5 Å². The van der Waals surface area contributed by atoms with E-state index in [1.807, 2.05) is 0 Å². The normalized spacial score (nSPS) is 15.1. The van der Waals surface area contributed by atoms with Crippen LogP contribution in [0.15, 0.2) is 50.9 Å². The molecule has 3 N–H and O–H groups in total. The first-order valence-electron chi connectivity index (χ1n) is 8.67. The lowest BCUT2D eigenvalue weighted by Gasteiger charge is -2.26. The fourth-order valence-electron chi connectivity index (χ4n) is 2.76. The second-order valence-corrected chi connectivity index (χ2v) is 7.99. The number of ether oxygens (including phenoxy) is 2. The number of urea groups is 1. The number of benzene rings is 2. The minimum absolute atomic E-state index is 0.231. The topological polar surface area (TPSA) is 128 Å². The number of anilines is 1. The van der Waals surface area contributed by atoms with E-state index in [-0.39, 0.29) is 23.7 Å². The van der Waals surface area contributed by atoms with Crippen LogP contribution in [0.2, 0.25) is 0 Å². The van der Waals surface area contributed by atoms with Crippen LogP contribution in [-0.4, -0.2) is 37.5 Å². The highest BCUT2D eigenvalue weighted by atomic mass is 79.9. The molecule has 31 heavy (non-hydrogen) atoms. The van der Waals surface area contributed by atoms with Crippen LogP contribution < -0.4 is 25.4 Å². The van der Waals surface area contributed by atoms with Gasteiger partial charge in [-0.05, 0) is 64.0 Å². The second-order valence-electron chi connectivity index (χ2n) is 6.22. The molecule has 160 valence electrons. The number of hydrogen-bond donors (Lipinski definition) is 2. The Kier molecular flexibility index (Phi) is 6.76. The average Bonchev–Trinajstić information content (AvgIpc) is 2.71. The number of nitrogens with one attached hydrogen (secondary N) is 1. The molecule has 0 atom stereocenters. The number of hydrogen-bond acceptors (Lipinski definition) is 6. The van der Waals surface area contributed by atoms with Crippen molar-refractivity contribution in [1.29, 1.82) is 0 Å². The first-order chi connectivity index (χ1) is 14.7. The number of amides is 5. The van der Waals surface area contributed by atoms with E-state index in [0.717, 1.165) is 9.37 Å². The molecule has 0 saturated carbocycles. The quantitative estimate of drug-likeness (QED) is 0.419. The second kappa shape index (κ2) is 9.31. The minimum atomic E-state index is -0.844. The van der Waals surface area contributed by atoms with Gasteiger partial charge in [-0.25, -0.2) is 9.69 Å². The highest BCUT2D eigenvalue weighted by Gasteiger charge is 2.36. The van der Waals surface area contributed by atoms with Crippen LogP contribution in [0.1, 0.15) is 5.56 Å². The molecule has 1 aliphatic heterocycles. The van der Waals surface area contributed by atoms with Gasteiger partial charge in [0.15, 0.2) is 18.1 Å². The Morgan fingerprint density at radius 2 is 1.84 bits per heavy atom. The van der Waals surface area contributed by atoms with Crippen molar-refractivity contribution in [3.8, 4) is 11.5 Å². The van der Waals surface area contributed by atoms with E-state index >= 15 is 0 Å². The number of carbonyl (C=O) groups is 4. The summed E-state index contributed by atoms with van der Waals surface area (Å²) in [4.78, 5) is 49.5. The van der Waals surface area contributed by atoms with Gasteiger partial charge in [0.25, 0.3) is 17.7 Å². The molecular formula is C20H15Br2N3O6. The van der Waals surface area contributed by atoms with Crippen LogP contribution in [0.3, 0.4) is 0 Å². The van der Waals surface area contributed by atoms with E-state index < -0.39 is 23.8 Å². The molecule has 0 radical (unpaired) electrons. The first-order valence-corrected chi connectivity index (χ1v) is 10.3. The van der Waals surface area contributed by atoms with E-state index in [2.05, 4.69) is 37.2 Å². The van der Waals surface area contributed by atoms with Gasteiger partial charge in [-0.15, -0.1) is 0 Å². The Balaban J connectivity index is 1.99. The Morgan fingerprint density at radius 3 is 2.45 bits per heavy atom. The summed E-state index contributed by atoms with van der Waals surface area (Å²) in [5, 5.41) is 2.16. The molecule has 1 saturated heterocycles. The number of halogens is 2. The number of methoxy groups -OCH3 is 1. The average molecular weight is 553 g/mol. The van der Waals surface area contributed by atoms with Crippen molar-refractivity contribution in [3.63, 3.8) is 0 Å². The van der Waals surface area contributed by atoms with Gasteiger partial charge in [0.1, 0.15) is 5.57 Å². The smallest absolute Gasteiger partial charge is 0.335 e. The molecule has 0 aromatic heterocycles. The SMILES string of the molecule is COc1cc(/C=C2\C(=O)NC(=O)N(c3ccc(Br)cc3)C2=O)cc(Br)c1OCC(N)=O. The largest absolute Gasteiger partial charge is 0.493 e. The number of barbiturate groups is 1. The standard InChI is InChI=1S/C20H15Br2N3O6/c1-30-15-8-10(7-14(22)17(15)31-9-16(23)26)6-13-18(27)24-20(29)25(19(13)28)12-4-2-11(21)3-5-12/h2-8H,9H2,1H3,(H2,23,26)(H,24,27,29)/b13-6+. The van der Waals surface area contributed by atoms with Crippen LogP contribution in [0, 0.1) is 0 Å². The summed E-state index contributed by atoms with van der Waals surface area (Å²) in [7, 11) is 1.39. The Morgan fingerprint density at radius 1 is 1.16 bits per heavy atom. The Bertz CT molecular complexity index is 1110. The van der Waals surface area contributed by atoms with Gasteiger partial charge in [-0.1, -0.05) is 15.9 Å². The number of nitrogens with two attached hydrogens (primary N) is 1. The molecule has 0 aliphatic carbocycles. The van der Waals surface area contributed by atoms with Crippen LogP contribution in [0.25, 0.3) is 6.08 Å². The van der Waals surface area contributed by atoms with Crippen LogP contribution in [-0.2, 0) is 14.4 Å². The summed E-state index contributed by atoms with van der Waals surface area (Å²) in [5.41, 5.74) is 5.57. The van der Waals surface area contributed by atoms with Crippen molar-refractivity contribution in [2.75, 3.05) is 18.6 Å². The number of nitrogens with zero attached hydrogens (tertiary/aromatic N) is 1. The molecule has 0 spiro atoms. The maximum absolute atomic E-state index is 13.0. The number of carbonyl (C=O) groups excluding carboxylic acids is 4. The van der Waals surface area contributed by atoms with E-state index in [9.17, 15) is 19.2 Å². The lowest BCUT2D eigenvalue weighted by molar-refractivity contribution is -0.123. The zero-order chi connectivity index (χ0) is 22.7. The molecule has 3 rings (SSSR count). The molecule has 9 nitrogen and oxygen atoms in total. The fraction of sp³-hybridized carbons (Fsp3) is 0.100. The van der Waals surface area contributed by atoms with Gasteiger partial charge in [0.2, 0.25) is 0 Å². The first kappa shape index (κ1) is 22.5. The van der Waals surface area contributed by atoms with Crippen LogP contribution in [0.4, 0.5) is 10.5 Å². The molecule has 0 unspecified atom stereocenters. The zero-order valence-corrected chi connectivity index (χ0v) is 19.2. The minimum Gasteiger partial charge on any atom is -0.493 e. The molecule has 11 heteroatoms. The molecular weight excluding hydrogens is 538 g/mol. The van der Waals surface area contributed by atoms with Gasteiger partial charge in [-0.3, -0.25) is 19.7 Å². The van der Waals surface area contributed by atoms with Crippen molar-refractivity contribution < 1.29 is 28.7 Å². The molecule has 1 aliphatic rings. The molecule has 0 bridgehead atoms. The summed E-state index contributed by atoms with van der Waals surface area (Å²) in [6.45, 7) is -0.361. The number of rotatable bonds is 6. The van der Waals surface area contributed by atoms with Gasteiger partial charge < -0.3 is 15.2 Å². The van der Waals surface area contributed by atoms with Crippen molar-refractivity contribution in [2.45, 2.75) is 0 Å². The Hall–Kier alpha value is -3.18. The van der Waals surface area contributed by atoms with Crippen molar-refractivity contribution in [2.24, 2.45) is 5.73 Å². The predicted molar refractivity (Wildman–Crippen MR) is 119 cm³/mol. The van der Waals surface area contributed by atoms with Gasteiger partial charge in [-0.2, -0.15) is 0 Å². The van der Waals surface area contributed by atoms with E-state index in [1.165, 1.54) is 19.3 Å². The molecule has 5 amide bonds. The third-order valence-corrected chi connectivity index (χ3v) is 5.23. The lowest BCUT2D eigenvalue weighted by atomic mass is 10.1. The van der Waals surface area contributed by atoms with Gasteiger partial charge in [0.05, 0.1) is 17.3 Å². The van der Waals surface area contributed by atoms with E-state index in [4.69, 9.17) is 15.2 Å². The van der Waals surface area contributed by atoms with Crippen LogP contribution >= 0.6 is 31.9 Å². The van der Waals surface area contributed by atoms with Crippen molar-refractivity contribution in [3.05, 3.63) is 56.5 Å². The summed E-state index contributed by atoms with van der Waals surface area (Å²) < 4.78 is 11.8. The molecule has 1 heterocycles. The summed E-state index contributed by atoms with van der Waals surface area (Å²) >= 11 is 6.60. The predicted octanol–water partition coefficient (Wildman–Crippen LogP) is 2.75. The molecule has 1 fully saturated rings. The molecule has 2 aromatic rings. The summed E-state index contributed by atoms with van der Waals surface area (Å²) in [6, 6.07) is 8.70. The highest BCUT2D eigenvalue weighted by molar-refractivity contribution is 9.10. The number of primary amides is 1. The lowest BCUT2D eigenvalue weighted by Crippen LogP contribution is -2.54. The maximum Gasteiger partial charge on any atom is 0.335 e. The Labute approximate surface area is 193 Å². The zero-order valence-electron chi connectivity index (χ0n) is 16.0. The van der Waals surface area contributed by atoms with Crippen molar-refractivity contribution >= 4 is 67.4 Å². The molecule has 2 aromatic carbocycles. The van der Waals surface area contributed by atoms with Gasteiger partial charge in [0, 0.05) is 4.47 Å². The monoisotopic (exact) mass is 551 g/mol. The maximum atomic E-state index is 13.0. The highest BCUT2D eigenvalue weighted by Crippen LogP contribution is 2.37. The van der Waals surface area contributed by atoms with Gasteiger partial charge >= 0.3 is 6.03 Å². The third-order valence-electron chi connectivity index (χ3n) is 4.11.